The number of nitrogens with one attached hydrogen (secondary N) is 1. The summed E-state index contributed by atoms with van der Waals surface area (Å²) in [6.07, 6.45) is 1.90. The molecule has 0 aliphatic rings. The minimum Gasteiger partial charge on any atom is -0.484 e. The predicted octanol–water partition coefficient (Wildman–Crippen LogP) is 4.98. The van der Waals surface area contributed by atoms with Gasteiger partial charge in [-0.2, -0.15) is 0 Å². The lowest BCUT2D eigenvalue weighted by Gasteiger charge is -2.29. The Hall–Kier alpha value is -2.53. The number of aryl methyl sites for hydroxylation is 3. The lowest BCUT2D eigenvalue weighted by atomic mass is 10.1. The fourth-order valence-corrected chi connectivity index (χ4v) is 3.34. The van der Waals surface area contributed by atoms with E-state index in [0.717, 1.165) is 35.1 Å². The molecule has 1 atom stereocenters. The molecule has 1 N–H and O–H groups in total. The predicted molar refractivity (Wildman–Crippen MR) is 126 cm³/mol. The number of ether oxygens (including phenoxy) is 1. The molecule has 2 aromatic carbocycles. The van der Waals surface area contributed by atoms with E-state index in [1.54, 1.807) is 11.8 Å². The number of nitrogens with zero attached hydrogens (tertiary/aromatic N) is 1. The van der Waals surface area contributed by atoms with Crippen molar-refractivity contribution in [3.63, 3.8) is 0 Å². The fourth-order valence-electron chi connectivity index (χ4n) is 3.23. The van der Waals surface area contributed by atoms with Crippen LogP contribution in [0.4, 0.5) is 0 Å². The molecule has 0 bridgehead atoms. The van der Waals surface area contributed by atoms with E-state index in [2.05, 4.69) is 12.2 Å². The lowest BCUT2D eigenvalue weighted by molar-refractivity contribution is -0.142. The van der Waals surface area contributed by atoms with Crippen molar-refractivity contribution < 1.29 is 14.3 Å². The number of unbranched alkanes of at least 4 members (excludes halogenated alkanes) is 1. The van der Waals surface area contributed by atoms with Crippen molar-refractivity contribution in [2.24, 2.45) is 0 Å². The molecule has 2 rings (SSSR count). The molecule has 2 aromatic rings. The summed E-state index contributed by atoms with van der Waals surface area (Å²) in [6.45, 7) is 10.4. The maximum atomic E-state index is 13.1. The van der Waals surface area contributed by atoms with E-state index < -0.39 is 6.04 Å². The van der Waals surface area contributed by atoms with Crippen LogP contribution in [0, 0.1) is 20.8 Å². The monoisotopic (exact) mass is 444 g/mol. The molecule has 0 saturated heterocycles. The van der Waals surface area contributed by atoms with Crippen LogP contribution < -0.4 is 10.1 Å². The van der Waals surface area contributed by atoms with Crippen molar-refractivity contribution in [3.05, 3.63) is 63.7 Å². The SMILES string of the molecule is CCCCNC(=O)[C@H](C)N(Cc1ccc(C)cc1)C(=O)COc1cc(C)c(Cl)c(C)c1. The van der Waals surface area contributed by atoms with Gasteiger partial charge < -0.3 is 15.0 Å². The van der Waals surface area contributed by atoms with E-state index in [4.69, 9.17) is 16.3 Å². The Morgan fingerprint density at radius 1 is 1.10 bits per heavy atom. The van der Waals surface area contributed by atoms with Gasteiger partial charge in [-0.15, -0.1) is 0 Å². The van der Waals surface area contributed by atoms with Gasteiger partial charge in [-0.1, -0.05) is 54.8 Å². The normalized spacial score (nSPS) is 11.7. The Bertz CT molecular complexity index is 873. The summed E-state index contributed by atoms with van der Waals surface area (Å²) in [5.41, 5.74) is 3.89. The quantitative estimate of drug-likeness (QED) is 0.526. The minimum atomic E-state index is -0.608. The summed E-state index contributed by atoms with van der Waals surface area (Å²) in [6, 6.07) is 11.0. The fraction of sp³-hybridized carbons (Fsp3) is 0.440. The van der Waals surface area contributed by atoms with E-state index in [-0.39, 0.29) is 18.4 Å². The van der Waals surface area contributed by atoms with Crippen LogP contribution in [-0.2, 0) is 16.1 Å². The third kappa shape index (κ3) is 7.28. The summed E-state index contributed by atoms with van der Waals surface area (Å²) < 4.78 is 5.77. The largest absolute Gasteiger partial charge is 0.484 e. The molecule has 0 radical (unpaired) electrons. The highest BCUT2D eigenvalue weighted by Gasteiger charge is 2.26. The third-order valence-corrected chi connectivity index (χ3v) is 5.84. The van der Waals surface area contributed by atoms with Crippen LogP contribution in [0.1, 0.15) is 48.9 Å². The van der Waals surface area contributed by atoms with Crippen molar-refractivity contribution in [2.45, 2.75) is 60.0 Å². The Balaban J connectivity index is 2.14. The number of benzene rings is 2. The van der Waals surface area contributed by atoms with Crippen molar-refractivity contribution in [2.75, 3.05) is 13.2 Å². The standard InChI is InChI=1S/C25H33ClN2O3/c1-6-7-12-27-25(30)20(5)28(15-21-10-8-17(2)9-11-21)23(29)16-31-22-13-18(3)24(26)19(4)14-22/h8-11,13-14,20H,6-7,12,15-16H2,1-5H3,(H,27,30)/t20-/m0/s1. The van der Waals surface area contributed by atoms with E-state index >= 15 is 0 Å². The minimum absolute atomic E-state index is 0.154. The molecule has 0 saturated carbocycles. The molecule has 0 aliphatic heterocycles. The van der Waals surface area contributed by atoms with Crippen LogP contribution in [0.2, 0.25) is 5.02 Å². The second-order valence-electron chi connectivity index (χ2n) is 7.99. The molecule has 168 valence electrons. The third-order valence-electron chi connectivity index (χ3n) is 5.24. The van der Waals surface area contributed by atoms with Crippen molar-refractivity contribution >= 4 is 23.4 Å². The smallest absolute Gasteiger partial charge is 0.261 e. The molecule has 0 heterocycles. The summed E-state index contributed by atoms with van der Waals surface area (Å²) in [4.78, 5) is 27.3. The first kappa shape index (κ1) is 24.7. The Labute approximate surface area is 190 Å². The van der Waals surface area contributed by atoms with Gasteiger partial charge in [0.1, 0.15) is 11.8 Å². The molecular weight excluding hydrogens is 412 g/mol. The maximum Gasteiger partial charge on any atom is 0.261 e. The first-order valence-corrected chi connectivity index (χ1v) is 11.1. The Morgan fingerprint density at radius 3 is 2.29 bits per heavy atom. The van der Waals surface area contributed by atoms with Gasteiger partial charge in [0.2, 0.25) is 5.91 Å². The number of hydrogen-bond acceptors (Lipinski definition) is 3. The second-order valence-corrected chi connectivity index (χ2v) is 8.37. The summed E-state index contributed by atoms with van der Waals surface area (Å²) >= 11 is 6.22. The van der Waals surface area contributed by atoms with E-state index in [1.165, 1.54) is 0 Å². The van der Waals surface area contributed by atoms with Gasteiger partial charge in [-0.3, -0.25) is 9.59 Å². The average molecular weight is 445 g/mol. The van der Waals surface area contributed by atoms with Crippen molar-refractivity contribution in [1.82, 2.24) is 10.2 Å². The summed E-state index contributed by atoms with van der Waals surface area (Å²) in [5, 5.41) is 3.61. The average Bonchev–Trinajstić information content (AvgIpc) is 2.74. The zero-order valence-electron chi connectivity index (χ0n) is 19.1. The highest BCUT2D eigenvalue weighted by molar-refractivity contribution is 6.32. The molecule has 5 nitrogen and oxygen atoms in total. The van der Waals surface area contributed by atoms with Gasteiger partial charge in [0, 0.05) is 18.1 Å². The zero-order chi connectivity index (χ0) is 23.0. The first-order valence-electron chi connectivity index (χ1n) is 10.7. The summed E-state index contributed by atoms with van der Waals surface area (Å²) in [5.74, 6) is 0.180. The molecule has 2 amide bonds. The molecule has 6 heteroatoms. The van der Waals surface area contributed by atoms with Gasteiger partial charge in [-0.05, 0) is 62.9 Å². The highest BCUT2D eigenvalue weighted by Crippen LogP contribution is 2.26. The van der Waals surface area contributed by atoms with Crippen LogP contribution in [-0.4, -0.2) is 35.9 Å². The van der Waals surface area contributed by atoms with E-state index in [0.29, 0.717) is 23.9 Å². The van der Waals surface area contributed by atoms with Crippen LogP contribution in [0.3, 0.4) is 0 Å². The number of carbonyl (C=O) groups is 2. The van der Waals surface area contributed by atoms with Gasteiger partial charge >= 0.3 is 0 Å². The lowest BCUT2D eigenvalue weighted by Crippen LogP contribution is -2.49. The number of hydrogen-bond donors (Lipinski definition) is 1. The van der Waals surface area contributed by atoms with Crippen molar-refractivity contribution in [3.8, 4) is 5.75 Å². The van der Waals surface area contributed by atoms with Gasteiger partial charge in [0.25, 0.3) is 5.91 Å². The topological polar surface area (TPSA) is 58.6 Å². The number of halogens is 1. The Morgan fingerprint density at radius 2 is 1.71 bits per heavy atom. The van der Waals surface area contributed by atoms with Crippen LogP contribution in [0.5, 0.6) is 5.75 Å². The zero-order valence-corrected chi connectivity index (χ0v) is 19.9. The van der Waals surface area contributed by atoms with Gasteiger partial charge in [0.15, 0.2) is 6.61 Å². The van der Waals surface area contributed by atoms with Crippen LogP contribution in [0.15, 0.2) is 36.4 Å². The molecule has 0 aliphatic carbocycles. The first-order chi connectivity index (χ1) is 14.7. The molecule has 31 heavy (non-hydrogen) atoms. The second kappa shape index (κ2) is 11.8. The molecule has 0 aromatic heterocycles. The molecular formula is C25H33ClN2O3. The highest BCUT2D eigenvalue weighted by atomic mass is 35.5. The molecule has 0 fully saturated rings. The molecule has 0 spiro atoms. The molecule has 0 unspecified atom stereocenters. The van der Waals surface area contributed by atoms with Crippen LogP contribution >= 0.6 is 11.6 Å². The van der Waals surface area contributed by atoms with Gasteiger partial charge in [-0.25, -0.2) is 0 Å². The number of carbonyl (C=O) groups excluding carboxylic acids is 2. The number of amides is 2. The summed E-state index contributed by atoms with van der Waals surface area (Å²) in [7, 11) is 0. The van der Waals surface area contributed by atoms with E-state index in [9.17, 15) is 9.59 Å². The van der Waals surface area contributed by atoms with Gasteiger partial charge in [0.05, 0.1) is 0 Å². The number of rotatable bonds is 10. The van der Waals surface area contributed by atoms with Crippen LogP contribution in [0.25, 0.3) is 0 Å². The van der Waals surface area contributed by atoms with Crippen molar-refractivity contribution in [1.29, 1.82) is 0 Å². The van der Waals surface area contributed by atoms with E-state index in [1.807, 2.05) is 57.2 Å². The Kier molecular flexibility index (Phi) is 9.38. The maximum absolute atomic E-state index is 13.1.